The molecule has 0 bridgehead atoms. The van der Waals surface area contributed by atoms with E-state index in [1.54, 1.807) is 11.9 Å². The van der Waals surface area contributed by atoms with Crippen molar-refractivity contribution in [3.63, 3.8) is 0 Å². The van der Waals surface area contributed by atoms with Crippen molar-refractivity contribution >= 4 is 40.3 Å². The molecule has 8 nitrogen and oxygen atoms in total. The summed E-state index contributed by atoms with van der Waals surface area (Å²) in [4.78, 5) is 45.0. The average molecular weight is 753 g/mol. The summed E-state index contributed by atoms with van der Waals surface area (Å²) in [5.41, 5.74) is 2.43. The molecule has 1 aromatic rings. The number of carbonyl (C=O) groups excluding carboxylic acids is 3. The van der Waals surface area contributed by atoms with E-state index in [1.165, 1.54) is 89.9 Å². The summed E-state index contributed by atoms with van der Waals surface area (Å²) >= 11 is 0. The number of Topliss-reactive ketones (excluding diaryl/α,β-unsaturated/α-hetero) is 1. The number of carbonyl (C=O) groups is 3. The lowest BCUT2D eigenvalue weighted by molar-refractivity contribution is -0.131. The zero-order chi connectivity index (χ0) is 38.7. The number of rotatable bonds is 14. The van der Waals surface area contributed by atoms with E-state index in [0.717, 1.165) is 69.1 Å². The molecule has 55 heavy (non-hydrogen) atoms. The van der Waals surface area contributed by atoms with Crippen LogP contribution in [0.5, 0.6) is 0 Å². The lowest BCUT2D eigenvalue weighted by Crippen LogP contribution is -2.46. The maximum absolute atomic E-state index is 14.4. The van der Waals surface area contributed by atoms with Crippen LogP contribution in [0.4, 0.5) is 11.4 Å². The molecule has 0 saturated heterocycles. The summed E-state index contributed by atoms with van der Waals surface area (Å²) in [7, 11) is 0. The number of aliphatic hydroxyl groups excluding tert-OH is 1. The Morgan fingerprint density at radius 3 is 1.85 bits per heavy atom. The molecule has 1 aliphatic heterocycles. The fraction of sp³-hybridized carbons (Fsp3) is 0.702. The molecule has 8 heteroatoms. The molecule has 7 rings (SSSR count). The van der Waals surface area contributed by atoms with Crippen molar-refractivity contribution in [2.75, 3.05) is 23.3 Å². The molecule has 0 spiro atoms. The lowest BCUT2D eigenvalue weighted by Gasteiger charge is -2.41. The first-order chi connectivity index (χ1) is 26.6. The van der Waals surface area contributed by atoms with Crippen molar-refractivity contribution in [2.24, 2.45) is 34.2 Å². The molecule has 5 aliphatic carbocycles. The molecule has 2 N–H and O–H groups in total. The van der Waals surface area contributed by atoms with Crippen LogP contribution in [0.1, 0.15) is 168 Å². The van der Waals surface area contributed by atoms with Gasteiger partial charge in [-0.05, 0) is 93.7 Å². The number of hydrogen-bond acceptors (Lipinski definition) is 6. The topological polar surface area (TPSA) is 102 Å². The fourth-order valence-corrected chi connectivity index (χ4v) is 10.8. The number of hydrogen-bond donors (Lipinski definition) is 2. The van der Waals surface area contributed by atoms with E-state index in [4.69, 9.17) is 5.10 Å². The van der Waals surface area contributed by atoms with E-state index < -0.39 is 5.41 Å². The van der Waals surface area contributed by atoms with Crippen molar-refractivity contribution in [1.29, 1.82) is 0 Å². The molecule has 300 valence electrons. The van der Waals surface area contributed by atoms with Gasteiger partial charge in [0.1, 0.15) is 5.76 Å². The van der Waals surface area contributed by atoms with Crippen LogP contribution in [0.3, 0.4) is 0 Å². The predicted octanol–water partition coefficient (Wildman–Crippen LogP) is 10.9. The van der Waals surface area contributed by atoms with Gasteiger partial charge < -0.3 is 15.3 Å². The summed E-state index contributed by atoms with van der Waals surface area (Å²) in [5, 5.41) is 21.6. The molecular formula is C47H68N4O4. The Bertz CT molecular complexity index is 1640. The van der Waals surface area contributed by atoms with Crippen molar-refractivity contribution in [2.45, 2.75) is 169 Å². The summed E-state index contributed by atoms with van der Waals surface area (Å²) < 4.78 is 0. The maximum atomic E-state index is 14.4. The van der Waals surface area contributed by atoms with Crippen LogP contribution in [-0.2, 0) is 14.4 Å². The second-order valence-corrected chi connectivity index (χ2v) is 18.7. The summed E-state index contributed by atoms with van der Waals surface area (Å²) in [6.45, 7) is 9.61. The Morgan fingerprint density at radius 2 is 1.35 bits per heavy atom. The first-order valence-electron chi connectivity index (χ1n) is 22.4. The molecule has 6 aliphatic rings. The number of amides is 2. The Labute approximate surface area is 330 Å². The maximum Gasteiger partial charge on any atom is 0.277 e. The van der Waals surface area contributed by atoms with Crippen molar-refractivity contribution < 1.29 is 19.5 Å². The summed E-state index contributed by atoms with van der Waals surface area (Å²) in [5.74, 6) is 1.44. The molecule has 0 aromatic heterocycles. The standard InChI is InChI=1S/C47H68N4O4/c1-5-47(3,4)46(55)48-38-30-36(50(28-26-32-16-12-13-17-32)29-27-33-18-14-15-19-33)24-25-37(38)40-43(52)41(44(40)53)39-31(2)49-51(45(39)54)42(34-20-8-6-9-21-34)35-22-10-7-11-23-35/h24-25,30,32-35,42,52H,5-23,26-29H2,1-4H3,(H,48,55)/b41-39-. The number of nitrogens with one attached hydrogen (secondary N) is 1. The van der Waals surface area contributed by atoms with Crippen molar-refractivity contribution in [3.8, 4) is 0 Å². The molecule has 0 radical (unpaired) electrons. The minimum Gasteiger partial charge on any atom is -0.506 e. The minimum atomic E-state index is -0.619. The quantitative estimate of drug-likeness (QED) is 0.184. The highest BCUT2D eigenvalue weighted by atomic mass is 16.3. The molecular weight excluding hydrogens is 685 g/mol. The van der Waals surface area contributed by atoms with Gasteiger partial charge in [0.2, 0.25) is 11.7 Å². The van der Waals surface area contributed by atoms with Crippen LogP contribution in [0.25, 0.3) is 5.57 Å². The predicted molar refractivity (Wildman–Crippen MR) is 223 cm³/mol. The number of hydrazone groups is 1. The van der Waals surface area contributed by atoms with Gasteiger partial charge in [-0.25, -0.2) is 5.01 Å². The van der Waals surface area contributed by atoms with Gasteiger partial charge in [-0.15, -0.1) is 0 Å². The van der Waals surface area contributed by atoms with Gasteiger partial charge in [0.25, 0.3) is 5.91 Å². The van der Waals surface area contributed by atoms with E-state index in [2.05, 4.69) is 16.3 Å². The highest BCUT2D eigenvalue weighted by Crippen LogP contribution is 2.46. The van der Waals surface area contributed by atoms with Crippen molar-refractivity contribution in [1.82, 2.24) is 5.01 Å². The Balaban J connectivity index is 1.21. The zero-order valence-electron chi connectivity index (χ0n) is 34.4. The van der Waals surface area contributed by atoms with E-state index in [1.807, 2.05) is 32.9 Å². The Hall–Kier alpha value is -3.42. The van der Waals surface area contributed by atoms with Gasteiger partial charge in [0.05, 0.1) is 34.2 Å². The molecule has 0 unspecified atom stereocenters. The highest BCUT2D eigenvalue weighted by molar-refractivity contribution is 6.44. The smallest absolute Gasteiger partial charge is 0.277 e. The van der Waals surface area contributed by atoms with Crippen LogP contribution >= 0.6 is 0 Å². The van der Waals surface area contributed by atoms with Crippen LogP contribution in [0, 0.1) is 29.1 Å². The third kappa shape index (κ3) is 8.49. The normalized spacial score (nSPS) is 23.7. The number of nitrogens with zero attached hydrogens (tertiary/aromatic N) is 3. The average Bonchev–Trinajstić information content (AvgIpc) is 3.98. The number of ketones is 1. The van der Waals surface area contributed by atoms with Gasteiger partial charge in [-0.1, -0.05) is 111 Å². The zero-order valence-corrected chi connectivity index (χ0v) is 34.4. The van der Waals surface area contributed by atoms with Crippen LogP contribution in [-0.4, -0.2) is 52.6 Å². The highest BCUT2D eigenvalue weighted by Gasteiger charge is 2.47. The monoisotopic (exact) mass is 753 g/mol. The van der Waals surface area contributed by atoms with E-state index in [-0.39, 0.29) is 46.1 Å². The van der Waals surface area contributed by atoms with E-state index in [0.29, 0.717) is 35.2 Å². The third-order valence-electron chi connectivity index (χ3n) is 14.7. The molecule has 0 atom stereocenters. The van der Waals surface area contributed by atoms with Crippen molar-refractivity contribution in [3.05, 3.63) is 40.7 Å². The number of allylic oxidation sites excluding steroid dienone is 2. The van der Waals surface area contributed by atoms with Crippen LogP contribution in [0.2, 0.25) is 0 Å². The molecule has 4 saturated carbocycles. The molecule has 4 fully saturated rings. The minimum absolute atomic E-state index is 0.0310. The lowest BCUT2D eigenvalue weighted by atomic mass is 9.73. The number of benzene rings is 1. The SMILES string of the molecule is CCC(C)(C)C(=O)Nc1cc(N(CCC2CCCC2)CCC2CCCC2)ccc1C1=C(O)/C(=C2/C(=O)N(C(C3CCCCC3)C3CCCCC3)N=C2C)C1=O. The van der Waals surface area contributed by atoms with Gasteiger partial charge in [0.15, 0.2) is 0 Å². The first-order valence-corrected chi connectivity index (χ1v) is 22.4. The molecule has 2 amide bonds. The Kier molecular flexibility index (Phi) is 12.6. The largest absolute Gasteiger partial charge is 0.506 e. The van der Waals surface area contributed by atoms with Gasteiger partial charge in [-0.2, -0.15) is 5.10 Å². The third-order valence-corrected chi connectivity index (χ3v) is 14.7. The van der Waals surface area contributed by atoms with Gasteiger partial charge in [-0.3, -0.25) is 14.4 Å². The second kappa shape index (κ2) is 17.4. The summed E-state index contributed by atoms with van der Waals surface area (Å²) in [6.07, 6.45) is 25.2. The Morgan fingerprint density at radius 1 is 0.818 bits per heavy atom. The van der Waals surface area contributed by atoms with Gasteiger partial charge in [0, 0.05) is 29.8 Å². The van der Waals surface area contributed by atoms with E-state index >= 15 is 0 Å². The fourth-order valence-electron chi connectivity index (χ4n) is 10.8. The van der Waals surface area contributed by atoms with E-state index in [9.17, 15) is 19.5 Å². The molecule has 1 aromatic carbocycles. The summed E-state index contributed by atoms with van der Waals surface area (Å²) in [6, 6.07) is 6.02. The second-order valence-electron chi connectivity index (χ2n) is 18.7. The number of anilines is 2. The van der Waals surface area contributed by atoms with Gasteiger partial charge >= 0.3 is 0 Å². The molecule has 1 heterocycles. The van der Waals surface area contributed by atoms with Crippen LogP contribution < -0.4 is 10.2 Å². The first kappa shape index (κ1) is 39.8. The number of aliphatic hydroxyl groups is 1. The van der Waals surface area contributed by atoms with Crippen LogP contribution in [0.15, 0.2) is 40.2 Å².